The topological polar surface area (TPSA) is 35.5 Å². The summed E-state index contributed by atoms with van der Waals surface area (Å²) in [6.45, 7) is 11.8. The zero-order valence-electron chi connectivity index (χ0n) is 10.3. The van der Waals surface area contributed by atoms with Crippen molar-refractivity contribution in [3.05, 3.63) is 0 Å². The zero-order valence-corrected chi connectivity index (χ0v) is 10.3. The molecular weight excluding hydrogens is 176 g/mol. The van der Waals surface area contributed by atoms with Crippen molar-refractivity contribution in [2.75, 3.05) is 33.2 Å². The van der Waals surface area contributed by atoms with Crippen molar-refractivity contribution >= 4 is 0 Å². The molecule has 0 aliphatic rings. The van der Waals surface area contributed by atoms with Gasteiger partial charge in [0.15, 0.2) is 0 Å². The highest BCUT2D eigenvalue weighted by molar-refractivity contribution is 4.78. The Morgan fingerprint density at radius 2 is 2.00 bits per heavy atom. The van der Waals surface area contributed by atoms with Crippen LogP contribution in [-0.2, 0) is 0 Å². The number of aliphatic hydroxyl groups is 1. The first-order valence-corrected chi connectivity index (χ1v) is 5.51. The third-order valence-corrected chi connectivity index (χ3v) is 2.94. The Hall–Kier alpha value is -0.120. The Labute approximate surface area is 88.5 Å². The summed E-state index contributed by atoms with van der Waals surface area (Å²) in [7, 11) is 2.10. The second-order valence-electron chi connectivity index (χ2n) is 4.58. The average Bonchev–Trinajstić information content (AvgIpc) is 2.11. The van der Waals surface area contributed by atoms with Gasteiger partial charge >= 0.3 is 0 Å². The maximum Gasteiger partial charge on any atom is 0.0766 e. The lowest BCUT2D eigenvalue weighted by Crippen LogP contribution is -2.44. The smallest absolute Gasteiger partial charge is 0.0766 e. The molecule has 2 N–H and O–H groups in total. The second kappa shape index (κ2) is 6.38. The summed E-state index contributed by atoms with van der Waals surface area (Å²) in [5.74, 6) is 0.291. The van der Waals surface area contributed by atoms with E-state index in [9.17, 15) is 5.11 Å². The fourth-order valence-corrected chi connectivity index (χ4v) is 0.974. The van der Waals surface area contributed by atoms with Gasteiger partial charge in [0.1, 0.15) is 0 Å². The van der Waals surface area contributed by atoms with Crippen molar-refractivity contribution < 1.29 is 5.11 Å². The van der Waals surface area contributed by atoms with Gasteiger partial charge < -0.3 is 15.3 Å². The molecular formula is C11H26N2O. The SMILES string of the molecule is CCN(C)CCNCC(C)(O)C(C)C. The van der Waals surface area contributed by atoms with Crippen LogP contribution in [0.15, 0.2) is 0 Å². The maximum atomic E-state index is 9.94. The largest absolute Gasteiger partial charge is 0.389 e. The first kappa shape index (κ1) is 13.9. The van der Waals surface area contributed by atoms with E-state index in [0.29, 0.717) is 12.5 Å². The predicted molar refractivity (Wildman–Crippen MR) is 61.5 cm³/mol. The molecule has 0 aromatic carbocycles. The van der Waals surface area contributed by atoms with E-state index in [1.54, 1.807) is 0 Å². The van der Waals surface area contributed by atoms with Crippen LogP contribution in [0.25, 0.3) is 0 Å². The van der Waals surface area contributed by atoms with E-state index in [1.165, 1.54) is 0 Å². The molecule has 1 atom stereocenters. The van der Waals surface area contributed by atoms with Crippen LogP contribution in [0, 0.1) is 5.92 Å². The quantitative estimate of drug-likeness (QED) is 0.603. The molecule has 0 amide bonds. The molecule has 0 bridgehead atoms. The monoisotopic (exact) mass is 202 g/mol. The summed E-state index contributed by atoms with van der Waals surface area (Å²) in [4.78, 5) is 2.25. The van der Waals surface area contributed by atoms with Crippen molar-refractivity contribution in [2.24, 2.45) is 5.92 Å². The van der Waals surface area contributed by atoms with Crippen LogP contribution in [0.1, 0.15) is 27.7 Å². The van der Waals surface area contributed by atoms with Crippen LogP contribution < -0.4 is 5.32 Å². The fraction of sp³-hybridized carbons (Fsp3) is 1.00. The lowest BCUT2D eigenvalue weighted by Gasteiger charge is -2.28. The molecule has 0 aliphatic carbocycles. The Kier molecular flexibility index (Phi) is 6.33. The molecule has 1 unspecified atom stereocenters. The third-order valence-electron chi connectivity index (χ3n) is 2.94. The van der Waals surface area contributed by atoms with E-state index >= 15 is 0 Å². The molecule has 0 aromatic rings. The maximum absolute atomic E-state index is 9.94. The van der Waals surface area contributed by atoms with Gasteiger partial charge in [0.25, 0.3) is 0 Å². The lowest BCUT2D eigenvalue weighted by atomic mass is 9.93. The van der Waals surface area contributed by atoms with Gasteiger partial charge in [0, 0.05) is 19.6 Å². The highest BCUT2D eigenvalue weighted by atomic mass is 16.3. The molecule has 0 fully saturated rings. The zero-order chi connectivity index (χ0) is 11.2. The molecule has 0 aromatic heterocycles. The highest BCUT2D eigenvalue weighted by Crippen LogP contribution is 2.13. The number of nitrogens with zero attached hydrogens (tertiary/aromatic N) is 1. The van der Waals surface area contributed by atoms with E-state index in [0.717, 1.165) is 19.6 Å². The van der Waals surface area contributed by atoms with Crippen LogP contribution in [0.3, 0.4) is 0 Å². The van der Waals surface area contributed by atoms with Crippen LogP contribution in [-0.4, -0.2) is 48.8 Å². The van der Waals surface area contributed by atoms with E-state index in [1.807, 2.05) is 20.8 Å². The Balaban J connectivity index is 3.54. The Morgan fingerprint density at radius 3 is 2.43 bits per heavy atom. The molecule has 86 valence electrons. The minimum absolute atomic E-state index is 0.291. The molecule has 0 saturated carbocycles. The average molecular weight is 202 g/mol. The molecule has 0 rings (SSSR count). The van der Waals surface area contributed by atoms with E-state index in [-0.39, 0.29) is 0 Å². The summed E-state index contributed by atoms with van der Waals surface area (Å²) >= 11 is 0. The van der Waals surface area contributed by atoms with Gasteiger partial charge in [-0.15, -0.1) is 0 Å². The highest BCUT2D eigenvalue weighted by Gasteiger charge is 2.23. The van der Waals surface area contributed by atoms with Gasteiger partial charge in [-0.3, -0.25) is 0 Å². The molecule has 3 heteroatoms. The summed E-state index contributed by atoms with van der Waals surface area (Å²) in [6, 6.07) is 0. The number of hydrogen-bond donors (Lipinski definition) is 2. The van der Waals surface area contributed by atoms with Gasteiger partial charge in [-0.05, 0) is 26.4 Å². The molecule has 14 heavy (non-hydrogen) atoms. The summed E-state index contributed by atoms with van der Waals surface area (Å²) in [5, 5.41) is 13.2. The summed E-state index contributed by atoms with van der Waals surface area (Å²) in [5.41, 5.74) is -0.592. The molecule has 0 radical (unpaired) electrons. The Morgan fingerprint density at radius 1 is 1.43 bits per heavy atom. The van der Waals surface area contributed by atoms with Crippen LogP contribution in [0.2, 0.25) is 0 Å². The van der Waals surface area contributed by atoms with Gasteiger partial charge in [0.2, 0.25) is 0 Å². The summed E-state index contributed by atoms with van der Waals surface area (Å²) < 4.78 is 0. The second-order valence-corrected chi connectivity index (χ2v) is 4.58. The Bertz CT molecular complexity index is 146. The van der Waals surface area contributed by atoms with Gasteiger partial charge in [-0.25, -0.2) is 0 Å². The standard InChI is InChI=1S/C11H26N2O/c1-6-13(5)8-7-12-9-11(4,14)10(2)3/h10,12,14H,6-9H2,1-5H3. The first-order chi connectivity index (χ1) is 6.40. The third kappa shape index (κ3) is 5.58. The minimum atomic E-state index is -0.592. The normalized spacial score (nSPS) is 16.3. The van der Waals surface area contributed by atoms with Crippen molar-refractivity contribution in [3.63, 3.8) is 0 Å². The molecule has 0 saturated heterocycles. The lowest BCUT2D eigenvalue weighted by molar-refractivity contribution is 0.0141. The first-order valence-electron chi connectivity index (χ1n) is 5.51. The van der Waals surface area contributed by atoms with Crippen molar-refractivity contribution in [1.29, 1.82) is 0 Å². The molecule has 0 heterocycles. The molecule has 3 nitrogen and oxygen atoms in total. The predicted octanol–water partition coefficient (Wildman–Crippen LogP) is 0.935. The van der Waals surface area contributed by atoms with Gasteiger partial charge in [-0.2, -0.15) is 0 Å². The van der Waals surface area contributed by atoms with E-state index in [2.05, 4.69) is 24.2 Å². The fourth-order valence-electron chi connectivity index (χ4n) is 0.974. The van der Waals surface area contributed by atoms with Gasteiger partial charge in [0.05, 0.1) is 5.60 Å². The number of nitrogens with one attached hydrogen (secondary N) is 1. The van der Waals surface area contributed by atoms with Crippen LogP contribution >= 0.6 is 0 Å². The molecule has 0 aliphatic heterocycles. The van der Waals surface area contributed by atoms with Crippen LogP contribution in [0.4, 0.5) is 0 Å². The van der Waals surface area contributed by atoms with Crippen LogP contribution in [0.5, 0.6) is 0 Å². The van der Waals surface area contributed by atoms with Crippen molar-refractivity contribution in [1.82, 2.24) is 10.2 Å². The molecule has 0 spiro atoms. The minimum Gasteiger partial charge on any atom is -0.389 e. The van der Waals surface area contributed by atoms with Crippen molar-refractivity contribution in [2.45, 2.75) is 33.3 Å². The number of hydrogen-bond acceptors (Lipinski definition) is 3. The summed E-state index contributed by atoms with van der Waals surface area (Å²) in [6.07, 6.45) is 0. The number of likely N-dealkylation sites (N-methyl/N-ethyl adjacent to an activating group) is 1. The van der Waals surface area contributed by atoms with Gasteiger partial charge in [-0.1, -0.05) is 20.8 Å². The number of rotatable bonds is 7. The van der Waals surface area contributed by atoms with E-state index in [4.69, 9.17) is 0 Å². The van der Waals surface area contributed by atoms with Crippen molar-refractivity contribution in [3.8, 4) is 0 Å². The van der Waals surface area contributed by atoms with E-state index < -0.39 is 5.60 Å².